The quantitative estimate of drug-likeness (QED) is 0.523. The summed E-state index contributed by atoms with van der Waals surface area (Å²) in [6.45, 7) is 6.59. The molecule has 12 heavy (non-hydrogen) atoms. The molecule has 0 saturated carbocycles. The highest BCUT2D eigenvalue weighted by atomic mass is 32.2. The van der Waals surface area contributed by atoms with Gasteiger partial charge in [-0.25, -0.2) is 10.8 Å². The molecule has 0 bridgehead atoms. The number of hydrogen-bond acceptors (Lipinski definition) is 2. The van der Waals surface area contributed by atoms with Crippen LogP contribution in [0.5, 0.6) is 5.75 Å². The third kappa shape index (κ3) is 2.48. The minimum Gasteiger partial charge on any atom is -0.497 e. The molecule has 0 saturated heterocycles. The van der Waals surface area contributed by atoms with E-state index >= 15 is 0 Å². The molecule has 0 aromatic heterocycles. The largest absolute Gasteiger partial charge is 0.497 e. The first-order valence-electron chi connectivity index (χ1n) is 3.48. The van der Waals surface area contributed by atoms with Crippen molar-refractivity contribution in [2.45, 2.75) is 5.75 Å². The summed E-state index contributed by atoms with van der Waals surface area (Å²) in [5.41, 5.74) is 1.15. The molecule has 62 valence electrons. The van der Waals surface area contributed by atoms with E-state index in [0.29, 0.717) is 0 Å². The summed E-state index contributed by atoms with van der Waals surface area (Å²) in [6.07, 6.45) is 0. The van der Waals surface area contributed by atoms with Crippen LogP contribution in [0, 0.1) is 6.57 Å². The van der Waals surface area contributed by atoms with Crippen molar-refractivity contribution in [2.75, 3.05) is 7.11 Å². The summed E-state index contributed by atoms with van der Waals surface area (Å²) >= 11 is 1.23. The van der Waals surface area contributed by atoms with Gasteiger partial charge in [0.15, 0.2) is 0 Å². The van der Waals surface area contributed by atoms with Crippen LogP contribution in [0.1, 0.15) is 5.56 Å². The highest BCUT2D eigenvalue weighted by Crippen LogP contribution is 2.16. The molecule has 0 spiro atoms. The Labute approximate surface area is 76.5 Å². The Hall–Kier alpha value is -1.14. The van der Waals surface area contributed by atoms with E-state index in [1.165, 1.54) is 11.9 Å². The van der Waals surface area contributed by atoms with Gasteiger partial charge in [0.25, 0.3) is 11.9 Å². The Morgan fingerprint density at radius 2 is 2.08 bits per heavy atom. The third-order valence-corrected chi connectivity index (χ3v) is 2.05. The molecule has 0 radical (unpaired) electrons. The van der Waals surface area contributed by atoms with E-state index in [1.807, 2.05) is 24.3 Å². The summed E-state index contributed by atoms with van der Waals surface area (Å²) in [5.74, 6) is 1.60. The smallest absolute Gasteiger partial charge is 0.261 e. The lowest BCUT2D eigenvalue weighted by molar-refractivity contribution is 0.414. The van der Waals surface area contributed by atoms with Gasteiger partial charge in [0, 0.05) is 0 Å². The van der Waals surface area contributed by atoms with Gasteiger partial charge in [-0.3, -0.25) is 0 Å². The first kappa shape index (κ1) is 8.95. The Morgan fingerprint density at radius 3 is 2.58 bits per heavy atom. The number of hydrogen-bond donors (Lipinski definition) is 0. The van der Waals surface area contributed by atoms with Gasteiger partial charge in [0.2, 0.25) is 0 Å². The maximum atomic E-state index is 6.59. The molecule has 0 amide bonds. The van der Waals surface area contributed by atoms with Crippen LogP contribution < -0.4 is 4.74 Å². The molecule has 0 unspecified atom stereocenters. The van der Waals surface area contributed by atoms with Crippen LogP contribution in [0.15, 0.2) is 24.3 Å². The molecule has 0 N–H and O–H groups in total. The third-order valence-electron chi connectivity index (χ3n) is 1.45. The maximum Gasteiger partial charge on any atom is 0.261 e. The number of ether oxygens (including phenoxy) is 1. The van der Waals surface area contributed by atoms with Crippen molar-refractivity contribution >= 4 is 11.9 Å². The Balaban J connectivity index is 2.60. The molecule has 0 atom stereocenters. The van der Waals surface area contributed by atoms with Crippen molar-refractivity contribution in [1.29, 1.82) is 0 Å². The first-order chi connectivity index (χ1) is 5.86. The van der Waals surface area contributed by atoms with Crippen LogP contribution in [0.4, 0.5) is 0 Å². The van der Waals surface area contributed by atoms with E-state index in [1.54, 1.807) is 7.11 Å². The van der Waals surface area contributed by atoms with Gasteiger partial charge in [0.05, 0.1) is 12.9 Å². The minimum atomic E-state index is 0.744. The highest BCUT2D eigenvalue weighted by molar-refractivity contribution is 8.00. The Morgan fingerprint density at radius 1 is 1.42 bits per heavy atom. The van der Waals surface area contributed by atoms with Gasteiger partial charge in [-0.15, -0.1) is 0 Å². The summed E-state index contributed by atoms with van der Waals surface area (Å²) in [6, 6.07) is 7.74. The van der Waals surface area contributed by atoms with E-state index in [9.17, 15) is 0 Å². The standard InChI is InChI=1S/C9H9NOS/c1-10-12-7-8-3-5-9(11-2)6-4-8/h3-6H,7H2,2H3. The summed E-state index contributed by atoms with van der Waals surface area (Å²) in [4.78, 5) is 0. The van der Waals surface area contributed by atoms with Crippen molar-refractivity contribution < 1.29 is 4.74 Å². The van der Waals surface area contributed by atoms with Crippen molar-refractivity contribution in [3.05, 3.63) is 40.7 Å². The predicted molar refractivity (Wildman–Crippen MR) is 50.9 cm³/mol. The van der Waals surface area contributed by atoms with Crippen LogP contribution in [0.25, 0.3) is 4.25 Å². The molecular formula is C9H9NOS. The lowest BCUT2D eigenvalue weighted by atomic mass is 10.2. The minimum absolute atomic E-state index is 0.744. The fourth-order valence-corrected chi connectivity index (χ4v) is 1.23. The highest BCUT2D eigenvalue weighted by Gasteiger charge is 1.96. The van der Waals surface area contributed by atoms with Crippen LogP contribution in [0.3, 0.4) is 0 Å². The molecule has 0 aliphatic carbocycles. The van der Waals surface area contributed by atoms with Gasteiger partial charge in [-0.1, -0.05) is 12.1 Å². The van der Waals surface area contributed by atoms with Crippen LogP contribution in [-0.4, -0.2) is 7.11 Å². The zero-order valence-electron chi connectivity index (χ0n) is 6.78. The summed E-state index contributed by atoms with van der Waals surface area (Å²) in [7, 11) is 1.64. The number of benzene rings is 1. The average Bonchev–Trinajstić information content (AvgIpc) is 2.15. The van der Waals surface area contributed by atoms with E-state index in [4.69, 9.17) is 11.3 Å². The monoisotopic (exact) mass is 179 g/mol. The SMILES string of the molecule is [C-]#[N+]SCc1ccc(OC)cc1. The predicted octanol–water partition coefficient (Wildman–Crippen LogP) is 2.76. The van der Waals surface area contributed by atoms with E-state index in [2.05, 4.69) is 4.25 Å². The van der Waals surface area contributed by atoms with Crippen molar-refractivity contribution in [3.8, 4) is 5.75 Å². The second-order valence-electron chi connectivity index (χ2n) is 2.21. The van der Waals surface area contributed by atoms with Gasteiger partial charge in [-0.05, 0) is 17.7 Å². The van der Waals surface area contributed by atoms with Crippen molar-refractivity contribution in [1.82, 2.24) is 0 Å². The lowest BCUT2D eigenvalue weighted by Crippen LogP contribution is -1.83. The van der Waals surface area contributed by atoms with E-state index < -0.39 is 0 Å². The van der Waals surface area contributed by atoms with E-state index in [0.717, 1.165) is 17.1 Å². The van der Waals surface area contributed by atoms with Crippen LogP contribution >= 0.6 is 11.9 Å². The second-order valence-corrected chi connectivity index (χ2v) is 2.94. The number of methoxy groups -OCH3 is 1. The molecule has 1 rings (SSSR count). The van der Waals surface area contributed by atoms with Crippen LogP contribution in [-0.2, 0) is 5.75 Å². The molecule has 0 aliphatic rings. The normalized spacial score (nSPS) is 9.00. The fraction of sp³-hybridized carbons (Fsp3) is 0.222. The Bertz CT molecular complexity index is 276. The topological polar surface area (TPSA) is 13.6 Å². The second kappa shape index (κ2) is 4.68. The molecule has 0 heterocycles. The van der Waals surface area contributed by atoms with E-state index in [-0.39, 0.29) is 0 Å². The number of nitrogens with zero attached hydrogens (tertiary/aromatic N) is 1. The van der Waals surface area contributed by atoms with Gasteiger partial charge in [-0.2, -0.15) is 0 Å². The lowest BCUT2D eigenvalue weighted by Gasteiger charge is -1.98. The first-order valence-corrected chi connectivity index (χ1v) is 4.42. The summed E-state index contributed by atoms with van der Waals surface area (Å²) < 4.78 is 8.22. The van der Waals surface area contributed by atoms with Crippen molar-refractivity contribution in [2.24, 2.45) is 0 Å². The zero-order valence-corrected chi connectivity index (χ0v) is 7.60. The molecule has 2 nitrogen and oxygen atoms in total. The maximum absolute atomic E-state index is 6.59. The Kier molecular flexibility index (Phi) is 3.49. The van der Waals surface area contributed by atoms with Crippen molar-refractivity contribution in [3.63, 3.8) is 0 Å². The zero-order chi connectivity index (χ0) is 8.81. The summed E-state index contributed by atoms with van der Waals surface area (Å²) in [5, 5.41) is 0. The fourth-order valence-electron chi connectivity index (χ4n) is 0.829. The molecule has 3 heteroatoms. The van der Waals surface area contributed by atoms with Crippen LogP contribution in [0.2, 0.25) is 0 Å². The molecule has 0 aliphatic heterocycles. The van der Waals surface area contributed by atoms with Gasteiger partial charge in [0.1, 0.15) is 5.75 Å². The van der Waals surface area contributed by atoms with Gasteiger partial charge < -0.3 is 4.74 Å². The average molecular weight is 179 g/mol. The molecular weight excluding hydrogens is 170 g/mol. The molecule has 1 aromatic carbocycles. The number of rotatable bonds is 3. The molecule has 0 fully saturated rings. The molecule has 1 aromatic rings. The van der Waals surface area contributed by atoms with Gasteiger partial charge >= 0.3 is 0 Å².